The first-order valence-electron chi connectivity index (χ1n) is 6.75. The third-order valence-corrected chi connectivity index (χ3v) is 3.69. The molecule has 5 nitrogen and oxygen atoms in total. The summed E-state index contributed by atoms with van der Waals surface area (Å²) in [5.41, 5.74) is 1.32. The quantitative estimate of drug-likeness (QED) is 0.767. The monoisotopic (exact) mass is 347 g/mol. The highest BCUT2D eigenvalue weighted by Gasteiger charge is 2.17. The molecule has 0 aliphatic carbocycles. The van der Waals surface area contributed by atoms with Gasteiger partial charge in [0.2, 0.25) is 5.89 Å². The average Bonchev–Trinajstić information content (AvgIpc) is 3.00. The van der Waals surface area contributed by atoms with E-state index in [0.29, 0.717) is 28.0 Å². The summed E-state index contributed by atoms with van der Waals surface area (Å²) in [6.45, 7) is 0. The van der Waals surface area contributed by atoms with E-state index < -0.39 is 5.91 Å². The number of aromatic nitrogens is 2. The molecule has 0 aliphatic rings. The second kappa shape index (κ2) is 6.81. The van der Waals surface area contributed by atoms with Gasteiger partial charge in [-0.2, -0.15) is 0 Å². The van der Waals surface area contributed by atoms with E-state index in [4.69, 9.17) is 27.6 Å². The number of nitrogens with one attached hydrogen (secondary N) is 1. The normalized spacial score (nSPS) is 10.5. The molecule has 7 heteroatoms. The molecule has 116 valence electrons. The molecule has 3 aromatic rings. The molecule has 1 amide bonds. The number of halogens is 2. The van der Waals surface area contributed by atoms with E-state index in [1.165, 1.54) is 0 Å². The summed E-state index contributed by atoms with van der Waals surface area (Å²) in [6.07, 6.45) is 0.452. The highest BCUT2D eigenvalue weighted by molar-refractivity contribution is 6.39. The number of amides is 1. The Morgan fingerprint density at radius 3 is 2.39 bits per heavy atom. The van der Waals surface area contributed by atoms with Crippen LogP contribution in [0.4, 0.5) is 5.69 Å². The molecule has 0 atom stereocenters. The number of hydrogen-bond acceptors (Lipinski definition) is 4. The minimum absolute atomic E-state index is 0.146. The van der Waals surface area contributed by atoms with Crippen molar-refractivity contribution in [1.29, 1.82) is 0 Å². The van der Waals surface area contributed by atoms with E-state index >= 15 is 0 Å². The average molecular weight is 348 g/mol. The molecule has 0 unspecified atom stereocenters. The maximum absolute atomic E-state index is 12.2. The summed E-state index contributed by atoms with van der Waals surface area (Å²) in [5, 5.41) is 10.9. The van der Waals surface area contributed by atoms with Crippen molar-refractivity contribution in [3.63, 3.8) is 0 Å². The number of para-hydroxylation sites is 1. The van der Waals surface area contributed by atoms with Gasteiger partial charge < -0.3 is 9.73 Å². The first kappa shape index (κ1) is 15.5. The molecule has 0 saturated heterocycles. The lowest BCUT2D eigenvalue weighted by molar-refractivity contribution is 0.0988. The fourth-order valence-electron chi connectivity index (χ4n) is 1.97. The zero-order valence-corrected chi connectivity index (χ0v) is 13.3. The van der Waals surface area contributed by atoms with E-state index in [1.807, 2.05) is 30.3 Å². The summed E-state index contributed by atoms with van der Waals surface area (Å²) in [7, 11) is 0. The van der Waals surface area contributed by atoms with E-state index in [1.54, 1.807) is 18.2 Å². The van der Waals surface area contributed by atoms with Crippen molar-refractivity contribution in [3.05, 3.63) is 75.9 Å². The summed E-state index contributed by atoms with van der Waals surface area (Å²) in [4.78, 5) is 12.2. The van der Waals surface area contributed by atoms with Crippen molar-refractivity contribution < 1.29 is 9.21 Å². The van der Waals surface area contributed by atoms with Crippen LogP contribution in [0.2, 0.25) is 10.0 Å². The number of carbonyl (C=O) groups is 1. The fraction of sp³-hybridized carbons (Fsp3) is 0.0625. The third-order valence-electron chi connectivity index (χ3n) is 3.06. The Bertz CT molecular complexity index is 814. The number of rotatable bonds is 4. The fourth-order valence-corrected chi connectivity index (χ4v) is 2.46. The Kier molecular flexibility index (Phi) is 4.60. The zero-order valence-electron chi connectivity index (χ0n) is 11.8. The van der Waals surface area contributed by atoms with Crippen LogP contribution in [0, 0.1) is 0 Å². The molecule has 1 aromatic heterocycles. The van der Waals surface area contributed by atoms with Crippen molar-refractivity contribution in [3.8, 4) is 0 Å². The second-order valence-electron chi connectivity index (χ2n) is 4.71. The van der Waals surface area contributed by atoms with Crippen LogP contribution in [0.15, 0.2) is 52.9 Å². The topological polar surface area (TPSA) is 68.0 Å². The molecule has 0 saturated carbocycles. The predicted octanol–water partition coefficient (Wildman–Crippen LogP) is 4.22. The molecule has 1 heterocycles. The van der Waals surface area contributed by atoms with Gasteiger partial charge in [-0.15, -0.1) is 10.2 Å². The highest BCUT2D eigenvalue weighted by atomic mass is 35.5. The van der Waals surface area contributed by atoms with E-state index in [-0.39, 0.29) is 5.89 Å². The molecule has 0 spiro atoms. The zero-order chi connectivity index (χ0) is 16.2. The molecule has 0 bridgehead atoms. The number of nitrogens with zero attached hydrogens (tertiary/aromatic N) is 2. The third kappa shape index (κ3) is 3.70. The van der Waals surface area contributed by atoms with Gasteiger partial charge in [0, 0.05) is 0 Å². The van der Waals surface area contributed by atoms with Gasteiger partial charge in [-0.3, -0.25) is 4.79 Å². The number of carbonyl (C=O) groups excluding carboxylic acids is 1. The van der Waals surface area contributed by atoms with Crippen molar-refractivity contribution in [1.82, 2.24) is 10.2 Å². The maximum atomic E-state index is 12.2. The Morgan fingerprint density at radius 2 is 1.70 bits per heavy atom. The summed E-state index contributed by atoms with van der Waals surface area (Å²) < 4.78 is 5.38. The summed E-state index contributed by atoms with van der Waals surface area (Å²) >= 11 is 12.0. The molecule has 0 fully saturated rings. The van der Waals surface area contributed by atoms with Crippen LogP contribution in [0.3, 0.4) is 0 Å². The van der Waals surface area contributed by atoms with Crippen LogP contribution < -0.4 is 5.32 Å². The van der Waals surface area contributed by atoms with Crippen molar-refractivity contribution >= 4 is 34.8 Å². The van der Waals surface area contributed by atoms with Gasteiger partial charge in [-0.1, -0.05) is 59.6 Å². The minimum Gasteiger partial charge on any atom is -0.417 e. The van der Waals surface area contributed by atoms with Gasteiger partial charge in [0.25, 0.3) is 0 Å². The van der Waals surface area contributed by atoms with Crippen LogP contribution in [0.5, 0.6) is 0 Å². The molecule has 0 radical (unpaired) electrons. The smallest absolute Gasteiger partial charge is 0.313 e. The molecular formula is C16H11Cl2N3O2. The van der Waals surface area contributed by atoms with Gasteiger partial charge in [-0.05, 0) is 17.7 Å². The summed E-state index contributed by atoms with van der Waals surface area (Å²) in [5.74, 6) is -0.356. The lowest BCUT2D eigenvalue weighted by Gasteiger charge is -2.06. The standard InChI is InChI=1S/C16H11Cl2N3O2/c17-11-7-4-8-12(18)14(11)19-15(22)16-21-20-13(23-16)9-10-5-2-1-3-6-10/h1-8H,9H2,(H,19,22). The van der Waals surface area contributed by atoms with E-state index in [2.05, 4.69) is 15.5 Å². The maximum Gasteiger partial charge on any atom is 0.313 e. The van der Waals surface area contributed by atoms with Crippen molar-refractivity contribution in [2.75, 3.05) is 5.32 Å². The van der Waals surface area contributed by atoms with Crippen molar-refractivity contribution in [2.24, 2.45) is 0 Å². The van der Waals surface area contributed by atoms with Crippen LogP contribution in [-0.2, 0) is 6.42 Å². The Hall–Kier alpha value is -2.37. The van der Waals surface area contributed by atoms with Gasteiger partial charge in [0.05, 0.1) is 22.2 Å². The molecule has 3 rings (SSSR count). The highest BCUT2D eigenvalue weighted by Crippen LogP contribution is 2.30. The van der Waals surface area contributed by atoms with E-state index in [9.17, 15) is 4.79 Å². The largest absolute Gasteiger partial charge is 0.417 e. The number of benzene rings is 2. The lowest BCUT2D eigenvalue weighted by Crippen LogP contribution is -2.13. The molecule has 2 aromatic carbocycles. The van der Waals surface area contributed by atoms with Crippen LogP contribution in [0.1, 0.15) is 22.1 Å². The second-order valence-corrected chi connectivity index (χ2v) is 5.53. The van der Waals surface area contributed by atoms with Crippen LogP contribution >= 0.6 is 23.2 Å². The van der Waals surface area contributed by atoms with Gasteiger partial charge in [-0.25, -0.2) is 0 Å². The number of anilines is 1. The molecule has 1 N–H and O–H groups in total. The minimum atomic E-state index is -0.563. The molecule has 0 aliphatic heterocycles. The first-order chi connectivity index (χ1) is 11.1. The van der Waals surface area contributed by atoms with Crippen LogP contribution in [-0.4, -0.2) is 16.1 Å². The van der Waals surface area contributed by atoms with E-state index in [0.717, 1.165) is 5.56 Å². The molecule has 23 heavy (non-hydrogen) atoms. The van der Waals surface area contributed by atoms with Gasteiger partial charge in [0.1, 0.15) is 0 Å². The van der Waals surface area contributed by atoms with Gasteiger partial charge in [0.15, 0.2) is 0 Å². The lowest BCUT2D eigenvalue weighted by atomic mass is 10.2. The van der Waals surface area contributed by atoms with Crippen LogP contribution in [0.25, 0.3) is 0 Å². The number of hydrogen-bond donors (Lipinski definition) is 1. The Balaban J connectivity index is 1.74. The Labute approximate surface area is 142 Å². The van der Waals surface area contributed by atoms with Crippen molar-refractivity contribution in [2.45, 2.75) is 6.42 Å². The van der Waals surface area contributed by atoms with Gasteiger partial charge >= 0.3 is 11.8 Å². The molecular weight excluding hydrogens is 337 g/mol. The SMILES string of the molecule is O=C(Nc1c(Cl)cccc1Cl)c1nnc(Cc2ccccc2)o1. The summed E-state index contributed by atoms with van der Waals surface area (Å²) in [6, 6.07) is 14.6. The Morgan fingerprint density at radius 1 is 1.00 bits per heavy atom. The first-order valence-corrected chi connectivity index (χ1v) is 7.51. The predicted molar refractivity (Wildman–Crippen MR) is 88.0 cm³/mol.